The van der Waals surface area contributed by atoms with Crippen LogP contribution in [0.1, 0.15) is 139 Å². The summed E-state index contributed by atoms with van der Waals surface area (Å²) >= 11 is 0. The van der Waals surface area contributed by atoms with Gasteiger partial charge < -0.3 is 50.9 Å². The summed E-state index contributed by atoms with van der Waals surface area (Å²) in [6.45, 7) is 34.5. The van der Waals surface area contributed by atoms with Crippen molar-refractivity contribution in [3.63, 3.8) is 0 Å². The normalized spacial score (nSPS) is 30.4. The third kappa shape index (κ3) is 13.5. The SMILES string of the molecule is CC[Si](CC)(CC)O[C@H]1[C@H](C[C@@]2(C)O[C@@H](CCOCc3ccccc3)[C@H](OCc3ccccc3)C[C@@H]2OCc2ccc(OC)cc2)O[C@@H]2C[C@@H]3O[Si](C(C)(C)C)(C(C)(C)C)OC[C@H]3O[C@@]2(C)[C@@H]1O[Si](CC)(CC)CC. The van der Waals surface area contributed by atoms with E-state index in [1.807, 2.05) is 24.3 Å². The maximum absolute atomic E-state index is 7.98. The fourth-order valence-corrected chi connectivity index (χ4v) is 23.7. The van der Waals surface area contributed by atoms with E-state index in [1.54, 1.807) is 7.11 Å². The van der Waals surface area contributed by atoms with Crippen molar-refractivity contribution < 1.29 is 50.9 Å². The number of fused-ring (bicyclic) bond motifs is 2. The van der Waals surface area contributed by atoms with Gasteiger partial charge in [-0.1, -0.05) is 156 Å². The van der Waals surface area contributed by atoms with E-state index < -0.39 is 54.7 Å². The average Bonchev–Trinajstić information content (AvgIpc) is 3.41. The van der Waals surface area contributed by atoms with Crippen molar-refractivity contribution >= 4 is 25.2 Å². The zero-order valence-corrected chi connectivity index (χ0v) is 51.9. The molecule has 11 nitrogen and oxygen atoms in total. The van der Waals surface area contributed by atoms with Crippen LogP contribution in [0.25, 0.3) is 0 Å². The van der Waals surface area contributed by atoms with Crippen molar-refractivity contribution in [2.75, 3.05) is 20.3 Å². The lowest BCUT2D eigenvalue weighted by atomic mass is 9.75. The third-order valence-electron chi connectivity index (χ3n) is 18.0. The number of benzene rings is 3. The molecule has 4 aliphatic heterocycles. The zero-order valence-electron chi connectivity index (χ0n) is 48.9. The summed E-state index contributed by atoms with van der Waals surface area (Å²) in [5, 5.41) is -0.361. The molecule has 0 saturated carbocycles. The Morgan fingerprint density at radius 1 is 0.627 bits per heavy atom. The predicted molar refractivity (Wildman–Crippen MR) is 307 cm³/mol. The van der Waals surface area contributed by atoms with Crippen molar-refractivity contribution in [1.29, 1.82) is 0 Å². The Balaban J connectivity index is 1.31. The molecule has 3 aromatic rings. The van der Waals surface area contributed by atoms with Crippen LogP contribution in [0.3, 0.4) is 0 Å². The molecule has 4 fully saturated rings. The van der Waals surface area contributed by atoms with Gasteiger partial charge >= 0.3 is 8.56 Å². The molecule has 14 heteroatoms. The lowest BCUT2D eigenvalue weighted by Crippen LogP contribution is -2.76. The molecule has 11 atom stereocenters. The molecule has 0 amide bonds. The van der Waals surface area contributed by atoms with Crippen LogP contribution in [0.4, 0.5) is 0 Å². The lowest BCUT2D eigenvalue weighted by Gasteiger charge is -2.63. The second-order valence-electron chi connectivity index (χ2n) is 24.6. The van der Waals surface area contributed by atoms with Gasteiger partial charge in [0.25, 0.3) is 0 Å². The van der Waals surface area contributed by atoms with Gasteiger partial charge in [0.15, 0.2) is 16.6 Å². The summed E-state index contributed by atoms with van der Waals surface area (Å²) in [6, 6.07) is 34.9. The van der Waals surface area contributed by atoms with Crippen LogP contribution in [0, 0.1) is 0 Å². The molecule has 0 unspecified atom stereocenters. The van der Waals surface area contributed by atoms with E-state index in [0.717, 1.165) is 58.7 Å². The Hall–Kier alpha value is -2.29. The first kappa shape index (κ1) is 60.4. The van der Waals surface area contributed by atoms with Crippen molar-refractivity contribution in [1.82, 2.24) is 0 Å². The second kappa shape index (κ2) is 25.4. The molecule has 0 N–H and O–H groups in total. The van der Waals surface area contributed by atoms with E-state index in [2.05, 4.69) is 158 Å². The molecular weight excluding hydrogens is 993 g/mol. The molecule has 0 radical (unpaired) electrons. The minimum absolute atomic E-state index is 0.181. The first-order chi connectivity index (χ1) is 35.7. The van der Waals surface area contributed by atoms with Gasteiger partial charge in [-0.05, 0) is 85.4 Å². The zero-order chi connectivity index (χ0) is 54.3. The number of ether oxygens (including phenoxy) is 7. The van der Waals surface area contributed by atoms with Gasteiger partial charge in [0, 0.05) is 35.9 Å². The molecule has 4 aliphatic rings. The first-order valence-electron chi connectivity index (χ1n) is 28.9. The quantitative estimate of drug-likeness (QED) is 0.0633. The van der Waals surface area contributed by atoms with Crippen LogP contribution < -0.4 is 4.74 Å². The van der Waals surface area contributed by atoms with Crippen LogP contribution in [0.5, 0.6) is 5.75 Å². The van der Waals surface area contributed by atoms with Crippen LogP contribution in [-0.2, 0) is 65.9 Å². The number of hydrogen-bond donors (Lipinski definition) is 0. The number of rotatable bonds is 24. The third-order valence-corrected chi connectivity index (χ3v) is 32.4. The highest BCUT2D eigenvalue weighted by atomic mass is 28.4. The maximum Gasteiger partial charge on any atom is 0.349 e. The monoisotopic (exact) mass is 1090 g/mol. The van der Waals surface area contributed by atoms with Gasteiger partial charge in [-0.25, -0.2) is 0 Å². The van der Waals surface area contributed by atoms with E-state index in [4.69, 9.17) is 50.9 Å². The van der Waals surface area contributed by atoms with Gasteiger partial charge in [-0.3, -0.25) is 0 Å². The molecule has 0 aliphatic carbocycles. The fraction of sp³-hybridized carbons (Fsp3) is 0.705. The molecule has 4 heterocycles. The smallest absolute Gasteiger partial charge is 0.349 e. The highest BCUT2D eigenvalue weighted by Crippen LogP contribution is 2.57. The summed E-state index contributed by atoms with van der Waals surface area (Å²) < 4.78 is 79.8. The second-order valence-corrected chi connectivity index (χ2v) is 38.9. The maximum atomic E-state index is 7.98. The summed E-state index contributed by atoms with van der Waals surface area (Å²) in [7, 11) is -5.80. The standard InChI is InChI=1S/C61H98O11Si3/c1-16-73(17-2,18-3)71-56-52(67-55-39-51-53(44-66-75(70-51,58(7,8)9)59(10,11)12)69-61(55,14)57(56)72-74(19-4,20-5)21-6)40-60(13)54(65-43-47-32-34-48(62-15)35-33-47)38-50(64-42-46-30-26-23-27-31-46)49(68-60)36-37-63-41-45-28-24-22-25-29-45/h22-35,49-57H,16-21,36-44H2,1-15H3/t49-,50+,51-,52-,53+,54-,55+,56-,57+,60+,61+/m0/s1. The minimum atomic E-state index is -2.84. The van der Waals surface area contributed by atoms with E-state index in [9.17, 15) is 0 Å². The molecule has 420 valence electrons. The molecule has 0 bridgehead atoms. The van der Waals surface area contributed by atoms with Gasteiger partial charge in [-0.2, -0.15) is 0 Å². The van der Waals surface area contributed by atoms with Crippen LogP contribution in [-0.4, -0.2) is 112 Å². The van der Waals surface area contributed by atoms with Gasteiger partial charge in [-0.15, -0.1) is 0 Å². The van der Waals surface area contributed by atoms with E-state index in [-0.39, 0.29) is 46.7 Å². The van der Waals surface area contributed by atoms with E-state index in [0.29, 0.717) is 58.7 Å². The van der Waals surface area contributed by atoms with Crippen LogP contribution in [0.2, 0.25) is 46.3 Å². The summed E-state index contributed by atoms with van der Waals surface area (Å²) in [4.78, 5) is 0. The molecular formula is C61H98O11Si3. The Labute approximate surface area is 456 Å². The van der Waals surface area contributed by atoms with Gasteiger partial charge in [0.05, 0.1) is 81.9 Å². The van der Waals surface area contributed by atoms with Crippen molar-refractivity contribution in [3.05, 3.63) is 102 Å². The highest BCUT2D eigenvalue weighted by molar-refractivity contribution is 6.74. The van der Waals surface area contributed by atoms with E-state index in [1.165, 1.54) is 0 Å². The number of hydrogen-bond acceptors (Lipinski definition) is 11. The molecule has 4 saturated heterocycles. The largest absolute Gasteiger partial charge is 0.497 e. The number of methoxy groups -OCH3 is 1. The Morgan fingerprint density at radius 2 is 1.17 bits per heavy atom. The predicted octanol–water partition coefficient (Wildman–Crippen LogP) is 14.3. The van der Waals surface area contributed by atoms with Crippen molar-refractivity contribution in [2.24, 2.45) is 0 Å². The summed E-state index contributed by atoms with van der Waals surface area (Å²) in [5.41, 5.74) is 1.60. The lowest BCUT2D eigenvalue weighted by molar-refractivity contribution is -0.335. The molecule has 0 aromatic heterocycles. The molecule has 0 spiro atoms. The molecule has 7 rings (SSSR count). The fourth-order valence-electron chi connectivity index (χ4n) is 13.0. The topological polar surface area (TPSA) is 102 Å². The Bertz CT molecular complexity index is 2150. The Kier molecular flexibility index (Phi) is 20.5. The average molecular weight is 1090 g/mol. The van der Waals surface area contributed by atoms with Crippen LogP contribution >= 0.6 is 0 Å². The van der Waals surface area contributed by atoms with Crippen molar-refractivity contribution in [2.45, 2.75) is 255 Å². The Morgan fingerprint density at radius 3 is 1.73 bits per heavy atom. The first-order valence-corrected chi connectivity index (χ1v) is 35.8. The van der Waals surface area contributed by atoms with Crippen LogP contribution in [0.15, 0.2) is 84.9 Å². The highest BCUT2D eigenvalue weighted by Gasteiger charge is 2.68. The molecule has 3 aromatic carbocycles. The van der Waals surface area contributed by atoms with Gasteiger partial charge in [0.2, 0.25) is 0 Å². The summed E-state index contributed by atoms with van der Waals surface area (Å²) in [6.07, 6.45) is -0.622. The minimum Gasteiger partial charge on any atom is -0.497 e. The van der Waals surface area contributed by atoms with Crippen molar-refractivity contribution in [3.8, 4) is 5.75 Å². The summed E-state index contributed by atoms with van der Waals surface area (Å²) in [5.74, 6) is 0.807. The molecule has 75 heavy (non-hydrogen) atoms. The van der Waals surface area contributed by atoms with Gasteiger partial charge in [0.1, 0.15) is 23.6 Å². The van der Waals surface area contributed by atoms with E-state index >= 15 is 0 Å².